The quantitative estimate of drug-likeness (QED) is 0.892. The molecule has 2 heteroatoms. The smallest absolute Gasteiger partial charge is 0.0402 e. The second-order valence-electron chi connectivity index (χ2n) is 6.14. The van der Waals surface area contributed by atoms with Gasteiger partial charge in [0.05, 0.1) is 0 Å². The van der Waals surface area contributed by atoms with Crippen LogP contribution in [0.1, 0.15) is 44.7 Å². The maximum Gasteiger partial charge on any atom is 0.0402 e. The lowest BCUT2D eigenvalue weighted by atomic mass is 9.88. The number of piperazine rings is 1. The van der Waals surface area contributed by atoms with Crippen molar-refractivity contribution in [1.82, 2.24) is 5.32 Å². The second-order valence-corrected chi connectivity index (χ2v) is 6.14. The van der Waals surface area contributed by atoms with Gasteiger partial charge in [0.1, 0.15) is 0 Å². The Morgan fingerprint density at radius 2 is 1.95 bits per heavy atom. The van der Waals surface area contributed by atoms with Gasteiger partial charge in [0.2, 0.25) is 0 Å². The van der Waals surface area contributed by atoms with Gasteiger partial charge in [-0.1, -0.05) is 26.0 Å². The lowest BCUT2D eigenvalue weighted by Crippen LogP contribution is -2.63. The number of hydrogen-bond donors (Lipinski definition) is 1. The van der Waals surface area contributed by atoms with Crippen molar-refractivity contribution in [2.45, 2.75) is 59.0 Å². The molecule has 1 saturated heterocycles. The fourth-order valence-corrected chi connectivity index (χ4v) is 3.09. The molecule has 0 aliphatic carbocycles. The van der Waals surface area contributed by atoms with E-state index < -0.39 is 0 Å². The number of anilines is 1. The van der Waals surface area contributed by atoms with Crippen molar-refractivity contribution in [3.8, 4) is 0 Å². The lowest BCUT2D eigenvalue weighted by molar-refractivity contribution is 0.253. The Kier molecular flexibility index (Phi) is 4.19. The summed E-state index contributed by atoms with van der Waals surface area (Å²) in [7, 11) is 0. The van der Waals surface area contributed by atoms with Crippen LogP contribution in [0.4, 0.5) is 5.69 Å². The van der Waals surface area contributed by atoms with Gasteiger partial charge in [0.25, 0.3) is 0 Å². The molecular weight excluding hydrogens is 232 g/mol. The predicted octanol–water partition coefficient (Wildman–Crippen LogP) is 3.66. The third-order valence-corrected chi connectivity index (χ3v) is 4.81. The minimum Gasteiger partial charge on any atom is -0.365 e. The van der Waals surface area contributed by atoms with Crippen LogP contribution in [-0.4, -0.2) is 24.7 Å². The van der Waals surface area contributed by atoms with Crippen LogP contribution in [0.3, 0.4) is 0 Å². The van der Waals surface area contributed by atoms with Crippen molar-refractivity contribution in [3.63, 3.8) is 0 Å². The Balaban J connectivity index is 2.33. The van der Waals surface area contributed by atoms with Gasteiger partial charge in [-0.15, -0.1) is 0 Å². The molecule has 1 aliphatic rings. The highest BCUT2D eigenvalue weighted by atomic mass is 15.3. The monoisotopic (exact) mass is 260 g/mol. The molecule has 1 atom stereocenters. The highest BCUT2D eigenvalue weighted by Crippen LogP contribution is 2.30. The second kappa shape index (κ2) is 5.54. The topological polar surface area (TPSA) is 15.3 Å². The first-order chi connectivity index (χ1) is 9.01. The summed E-state index contributed by atoms with van der Waals surface area (Å²) in [5.41, 5.74) is 4.44. The van der Waals surface area contributed by atoms with Crippen LogP contribution < -0.4 is 10.2 Å². The minimum absolute atomic E-state index is 0.280. The third kappa shape index (κ3) is 2.79. The number of benzene rings is 1. The number of rotatable bonds is 3. The highest BCUT2D eigenvalue weighted by molar-refractivity contribution is 5.56. The van der Waals surface area contributed by atoms with Gasteiger partial charge >= 0.3 is 0 Å². The summed E-state index contributed by atoms with van der Waals surface area (Å²) in [5.74, 6) is 0. The van der Waals surface area contributed by atoms with Gasteiger partial charge in [0, 0.05) is 30.4 Å². The molecular formula is C17H28N2. The summed E-state index contributed by atoms with van der Waals surface area (Å²) in [5, 5.41) is 3.77. The molecule has 0 saturated carbocycles. The van der Waals surface area contributed by atoms with Gasteiger partial charge in [-0.2, -0.15) is 0 Å². The van der Waals surface area contributed by atoms with Crippen LogP contribution in [0.2, 0.25) is 0 Å². The predicted molar refractivity (Wildman–Crippen MR) is 84.0 cm³/mol. The molecule has 0 radical (unpaired) electrons. The standard InChI is InChI=1S/C17H28N2/c1-6-17(7-2)12-19(15(5)11-18-17)16-10-13(3)8-9-14(16)4/h8-10,15,18H,6-7,11-12H2,1-5H3. The molecule has 0 spiro atoms. The summed E-state index contributed by atoms with van der Waals surface area (Å²) >= 11 is 0. The summed E-state index contributed by atoms with van der Waals surface area (Å²) in [4.78, 5) is 2.60. The first-order valence-electron chi connectivity index (χ1n) is 7.60. The van der Waals surface area contributed by atoms with Gasteiger partial charge < -0.3 is 10.2 Å². The van der Waals surface area contributed by atoms with E-state index in [1.54, 1.807) is 0 Å². The van der Waals surface area contributed by atoms with E-state index in [9.17, 15) is 0 Å². The zero-order valence-corrected chi connectivity index (χ0v) is 13.1. The van der Waals surface area contributed by atoms with Crippen molar-refractivity contribution in [1.29, 1.82) is 0 Å². The van der Waals surface area contributed by atoms with Crippen molar-refractivity contribution in [2.75, 3.05) is 18.0 Å². The molecule has 2 rings (SSSR count). The number of nitrogens with zero attached hydrogens (tertiary/aromatic N) is 1. The molecule has 0 bridgehead atoms. The van der Waals surface area contributed by atoms with Crippen molar-refractivity contribution >= 4 is 5.69 Å². The number of hydrogen-bond acceptors (Lipinski definition) is 2. The van der Waals surface area contributed by atoms with E-state index in [0.717, 1.165) is 13.1 Å². The van der Waals surface area contributed by atoms with Gasteiger partial charge in [0.15, 0.2) is 0 Å². The van der Waals surface area contributed by atoms with Crippen LogP contribution in [0, 0.1) is 13.8 Å². The fourth-order valence-electron chi connectivity index (χ4n) is 3.09. The van der Waals surface area contributed by atoms with E-state index in [1.165, 1.54) is 29.7 Å². The number of nitrogens with one attached hydrogen (secondary N) is 1. The van der Waals surface area contributed by atoms with Crippen LogP contribution in [0.5, 0.6) is 0 Å². The van der Waals surface area contributed by atoms with E-state index in [4.69, 9.17) is 0 Å². The fraction of sp³-hybridized carbons (Fsp3) is 0.647. The van der Waals surface area contributed by atoms with E-state index >= 15 is 0 Å². The van der Waals surface area contributed by atoms with Gasteiger partial charge in [-0.25, -0.2) is 0 Å². The zero-order chi connectivity index (χ0) is 14.0. The SMILES string of the molecule is CCC1(CC)CN(c2cc(C)ccc2C)C(C)CN1. The summed E-state index contributed by atoms with van der Waals surface area (Å²) < 4.78 is 0. The molecule has 19 heavy (non-hydrogen) atoms. The lowest BCUT2D eigenvalue weighted by Gasteiger charge is -2.48. The maximum absolute atomic E-state index is 3.77. The molecule has 1 aromatic rings. The summed E-state index contributed by atoms with van der Waals surface area (Å²) in [6.45, 7) is 13.5. The van der Waals surface area contributed by atoms with Gasteiger partial charge in [-0.3, -0.25) is 0 Å². The summed E-state index contributed by atoms with van der Waals surface area (Å²) in [6.07, 6.45) is 2.38. The van der Waals surface area contributed by atoms with Crippen molar-refractivity contribution in [3.05, 3.63) is 29.3 Å². The van der Waals surface area contributed by atoms with Crippen molar-refractivity contribution < 1.29 is 0 Å². The molecule has 1 aliphatic heterocycles. The van der Waals surface area contributed by atoms with E-state index in [2.05, 4.69) is 63.0 Å². The largest absolute Gasteiger partial charge is 0.365 e. The molecule has 0 amide bonds. The Morgan fingerprint density at radius 3 is 2.58 bits per heavy atom. The van der Waals surface area contributed by atoms with Crippen LogP contribution in [0.15, 0.2) is 18.2 Å². The Morgan fingerprint density at radius 1 is 1.26 bits per heavy atom. The molecule has 1 fully saturated rings. The van der Waals surface area contributed by atoms with E-state index in [-0.39, 0.29) is 5.54 Å². The molecule has 2 nitrogen and oxygen atoms in total. The first-order valence-corrected chi connectivity index (χ1v) is 7.60. The van der Waals surface area contributed by atoms with Crippen LogP contribution in [0.25, 0.3) is 0 Å². The highest BCUT2D eigenvalue weighted by Gasteiger charge is 2.35. The Bertz CT molecular complexity index is 435. The van der Waals surface area contributed by atoms with E-state index in [0.29, 0.717) is 6.04 Å². The van der Waals surface area contributed by atoms with Gasteiger partial charge in [-0.05, 0) is 50.8 Å². The Hall–Kier alpha value is -1.02. The Labute approximate surface area is 118 Å². The van der Waals surface area contributed by atoms with Crippen LogP contribution in [-0.2, 0) is 0 Å². The maximum atomic E-state index is 3.77. The third-order valence-electron chi connectivity index (χ3n) is 4.81. The van der Waals surface area contributed by atoms with E-state index in [1.807, 2.05) is 0 Å². The normalized spacial score (nSPS) is 22.6. The molecule has 0 aromatic heterocycles. The molecule has 106 valence electrons. The van der Waals surface area contributed by atoms with Crippen LogP contribution >= 0.6 is 0 Å². The zero-order valence-electron chi connectivity index (χ0n) is 13.1. The van der Waals surface area contributed by atoms with Crippen molar-refractivity contribution in [2.24, 2.45) is 0 Å². The molecule has 1 aromatic carbocycles. The molecule has 1 heterocycles. The number of aryl methyl sites for hydroxylation is 2. The summed E-state index contributed by atoms with van der Waals surface area (Å²) in [6, 6.07) is 7.36. The average Bonchev–Trinajstić information content (AvgIpc) is 2.43. The average molecular weight is 260 g/mol. The minimum atomic E-state index is 0.280. The molecule has 1 unspecified atom stereocenters. The molecule has 1 N–H and O–H groups in total. The first kappa shape index (κ1) is 14.4.